The van der Waals surface area contributed by atoms with Crippen LogP contribution in [0.5, 0.6) is 0 Å². The third-order valence-corrected chi connectivity index (χ3v) is 4.19. The number of hydrogen-bond acceptors (Lipinski definition) is 3. The molecule has 0 radical (unpaired) electrons. The lowest BCUT2D eigenvalue weighted by molar-refractivity contribution is -0.138. The Morgan fingerprint density at radius 3 is 2.81 bits per heavy atom. The molecule has 16 heavy (non-hydrogen) atoms. The van der Waals surface area contributed by atoms with Gasteiger partial charge in [0.25, 0.3) is 0 Å². The van der Waals surface area contributed by atoms with Crippen molar-refractivity contribution >= 4 is 17.7 Å². The quantitative estimate of drug-likeness (QED) is 0.800. The number of carboxylic acids is 1. The number of pyridine rings is 1. The van der Waals surface area contributed by atoms with E-state index in [1.54, 1.807) is 11.8 Å². The van der Waals surface area contributed by atoms with E-state index in [9.17, 15) is 4.79 Å². The van der Waals surface area contributed by atoms with Crippen LogP contribution in [0.4, 0.5) is 0 Å². The summed E-state index contributed by atoms with van der Waals surface area (Å²) in [5.74, 6) is 0.185. The molecule has 0 saturated heterocycles. The number of aryl methyl sites for hydroxylation is 1. The van der Waals surface area contributed by atoms with Crippen molar-refractivity contribution in [2.75, 3.05) is 5.75 Å². The van der Waals surface area contributed by atoms with E-state index in [2.05, 4.69) is 4.98 Å². The second-order valence-electron chi connectivity index (χ2n) is 4.53. The van der Waals surface area contributed by atoms with Crippen LogP contribution in [0.15, 0.2) is 23.4 Å². The molecule has 2 rings (SSSR count). The lowest BCUT2D eigenvalue weighted by atomic mass is 10.1. The molecule has 1 aliphatic rings. The molecule has 0 aliphatic heterocycles. The van der Waals surface area contributed by atoms with Crippen LogP contribution in [0.3, 0.4) is 0 Å². The Balaban J connectivity index is 1.87. The second kappa shape index (κ2) is 4.45. The van der Waals surface area contributed by atoms with Gasteiger partial charge in [-0.25, -0.2) is 4.98 Å². The fourth-order valence-electron chi connectivity index (χ4n) is 1.64. The van der Waals surface area contributed by atoms with Crippen LogP contribution in [0.25, 0.3) is 0 Å². The van der Waals surface area contributed by atoms with E-state index in [1.807, 2.05) is 25.3 Å². The third-order valence-electron chi connectivity index (χ3n) is 2.89. The van der Waals surface area contributed by atoms with Crippen molar-refractivity contribution in [3.63, 3.8) is 0 Å². The molecule has 0 aromatic carbocycles. The van der Waals surface area contributed by atoms with Gasteiger partial charge in [0.05, 0.1) is 11.4 Å². The standard InChI is InChI=1S/C12H15NO2S/c1-9-2-3-10(13-7-9)16-8-12(4-5-12)6-11(14)15/h2-3,7H,4-6,8H2,1H3,(H,14,15). The first kappa shape index (κ1) is 11.5. The Kier molecular flexibility index (Phi) is 3.19. The number of thioether (sulfide) groups is 1. The largest absolute Gasteiger partial charge is 0.481 e. The minimum atomic E-state index is -0.685. The van der Waals surface area contributed by atoms with Gasteiger partial charge in [-0.15, -0.1) is 11.8 Å². The molecule has 1 fully saturated rings. The number of carbonyl (C=O) groups is 1. The van der Waals surface area contributed by atoms with Crippen molar-refractivity contribution in [1.82, 2.24) is 4.98 Å². The van der Waals surface area contributed by atoms with Gasteiger partial charge in [-0.2, -0.15) is 0 Å². The van der Waals surface area contributed by atoms with Crippen LogP contribution in [0.1, 0.15) is 24.8 Å². The average molecular weight is 237 g/mol. The molecular weight excluding hydrogens is 222 g/mol. The molecule has 0 spiro atoms. The normalized spacial score (nSPS) is 17.1. The van der Waals surface area contributed by atoms with Gasteiger partial charge in [-0.05, 0) is 36.8 Å². The topological polar surface area (TPSA) is 50.2 Å². The highest BCUT2D eigenvalue weighted by molar-refractivity contribution is 7.99. The Hall–Kier alpha value is -1.03. The molecule has 0 atom stereocenters. The third kappa shape index (κ3) is 2.98. The molecule has 1 saturated carbocycles. The van der Waals surface area contributed by atoms with Crippen LogP contribution < -0.4 is 0 Å². The molecule has 1 N–H and O–H groups in total. The second-order valence-corrected chi connectivity index (χ2v) is 5.53. The minimum absolute atomic E-state index is 0.0447. The summed E-state index contributed by atoms with van der Waals surface area (Å²) in [7, 11) is 0. The summed E-state index contributed by atoms with van der Waals surface area (Å²) in [4.78, 5) is 15.0. The molecule has 1 aliphatic carbocycles. The maximum absolute atomic E-state index is 10.7. The van der Waals surface area contributed by atoms with Crippen molar-refractivity contribution in [2.45, 2.75) is 31.2 Å². The molecule has 4 heteroatoms. The van der Waals surface area contributed by atoms with Gasteiger partial charge in [0, 0.05) is 11.9 Å². The minimum Gasteiger partial charge on any atom is -0.481 e. The Labute approximate surface area is 99.3 Å². The highest BCUT2D eigenvalue weighted by atomic mass is 32.2. The fraction of sp³-hybridized carbons (Fsp3) is 0.500. The summed E-state index contributed by atoms with van der Waals surface area (Å²) < 4.78 is 0. The molecule has 1 aromatic heterocycles. The van der Waals surface area contributed by atoms with Gasteiger partial charge >= 0.3 is 5.97 Å². The smallest absolute Gasteiger partial charge is 0.303 e. The summed E-state index contributed by atoms with van der Waals surface area (Å²) >= 11 is 1.67. The molecule has 0 unspecified atom stereocenters. The number of aliphatic carboxylic acids is 1. The van der Waals surface area contributed by atoms with E-state index in [-0.39, 0.29) is 5.41 Å². The van der Waals surface area contributed by atoms with Gasteiger partial charge < -0.3 is 5.11 Å². The number of hydrogen-bond donors (Lipinski definition) is 1. The zero-order valence-electron chi connectivity index (χ0n) is 9.27. The van der Waals surface area contributed by atoms with Crippen molar-refractivity contribution < 1.29 is 9.90 Å². The first-order valence-corrected chi connectivity index (χ1v) is 6.36. The lowest BCUT2D eigenvalue weighted by Gasteiger charge is -2.10. The maximum Gasteiger partial charge on any atom is 0.303 e. The van der Waals surface area contributed by atoms with Crippen molar-refractivity contribution in [3.05, 3.63) is 23.9 Å². The van der Waals surface area contributed by atoms with Gasteiger partial charge in [-0.3, -0.25) is 4.79 Å². The van der Waals surface area contributed by atoms with Crippen LogP contribution in [-0.4, -0.2) is 21.8 Å². The monoisotopic (exact) mass is 237 g/mol. The number of nitrogens with zero attached hydrogens (tertiary/aromatic N) is 1. The lowest BCUT2D eigenvalue weighted by Crippen LogP contribution is -2.11. The van der Waals surface area contributed by atoms with Gasteiger partial charge in [0.15, 0.2) is 0 Å². The molecule has 0 bridgehead atoms. The zero-order chi connectivity index (χ0) is 11.6. The summed E-state index contributed by atoms with van der Waals surface area (Å²) in [6.45, 7) is 2.01. The Bertz CT molecular complexity index is 385. The first-order valence-electron chi connectivity index (χ1n) is 5.37. The van der Waals surface area contributed by atoms with Crippen LogP contribution >= 0.6 is 11.8 Å². The van der Waals surface area contributed by atoms with E-state index in [0.29, 0.717) is 6.42 Å². The highest BCUT2D eigenvalue weighted by Gasteiger charge is 2.44. The highest BCUT2D eigenvalue weighted by Crippen LogP contribution is 2.51. The molecular formula is C12H15NO2S. The summed E-state index contributed by atoms with van der Waals surface area (Å²) in [5.41, 5.74) is 1.19. The Morgan fingerprint density at radius 2 is 2.31 bits per heavy atom. The van der Waals surface area contributed by atoms with E-state index < -0.39 is 5.97 Å². The number of rotatable bonds is 5. The zero-order valence-corrected chi connectivity index (χ0v) is 10.1. The predicted octanol–water partition coefficient (Wildman–Crippen LogP) is 2.74. The molecule has 3 nitrogen and oxygen atoms in total. The van der Waals surface area contributed by atoms with Gasteiger partial charge in [-0.1, -0.05) is 6.07 Å². The van der Waals surface area contributed by atoms with Gasteiger partial charge in [0.2, 0.25) is 0 Å². The van der Waals surface area contributed by atoms with E-state index >= 15 is 0 Å². The predicted molar refractivity (Wildman–Crippen MR) is 63.6 cm³/mol. The van der Waals surface area contributed by atoms with E-state index in [4.69, 9.17) is 5.11 Å². The summed E-state index contributed by atoms with van der Waals surface area (Å²) in [5, 5.41) is 9.79. The van der Waals surface area contributed by atoms with E-state index in [1.165, 1.54) is 0 Å². The van der Waals surface area contributed by atoms with Crippen LogP contribution in [-0.2, 0) is 4.79 Å². The average Bonchev–Trinajstić information content (AvgIpc) is 2.97. The number of aromatic nitrogens is 1. The molecule has 1 aromatic rings. The fourth-order valence-corrected chi connectivity index (χ4v) is 2.77. The first-order chi connectivity index (χ1) is 7.60. The number of carboxylic acid groups (broad SMARTS) is 1. The van der Waals surface area contributed by atoms with Crippen molar-refractivity contribution in [3.8, 4) is 0 Å². The van der Waals surface area contributed by atoms with E-state index in [0.717, 1.165) is 29.2 Å². The maximum atomic E-state index is 10.7. The van der Waals surface area contributed by atoms with Gasteiger partial charge in [0.1, 0.15) is 0 Å². The van der Waals surface area contributed by atoms with Crippen LogP contribution in [0, 0.1) is 12.3 Å². The molecule has 86 valence electrons. The molecule has 1 heterocycles. The van der Waals surface area contributed by atoms with Crippen molar-refractivity contribution in [2.24, 2.45) is 5.41 Å². The van der Waals surface area contributed by atoms with Crippen molar-refractivity contribution in [1.29, 1.82) is 0 Å². The van der Waals surface area contributed by atoms with Crippen LogP contribution in [0.2, 0.25) is 0 Å². The summed E-state index contributed by atoms with van der Waals surface area (Å²) in [6, 6.07) is 4.03. The Morgan fingerprint density at radius 1 is 1.56 bits per heavy atom. The molecule has 0 amide bonds. The summed E-state index contributed by atoms with van der Waals surface area (Å²) in [6.07, 6.45) is 4.22. The SMILES string of the molecule is Cc1ccc(SCC2(CC(=O)O)CC2)nc1.